The molecule has 0 fully saturated rings. The lowest BCUT2D eigenvalue weighted by atomic mass is 10.2. The summed E-state index contributed by atoms with van der Waals surface area (Å²) in [5.74, 6) is 0.498. The predicted octanol–water partition coefficient (Wildman–Crippen LogP) is 3.00. The zero-order valence-electron chi connectivity index (χ0n) is 11.0. The maximum atomic E-state index is 12.3. The molecule has 106 valence electrons. The van der Waals surface area contributed by atoms with Gasteiger partial charge in [0, 0.05) is 29.5 Å². The van der Waals surface area contributed by atoms with Crippen LogP contribution in [-0.4, -0.2) is 20.4 Å². The molecule has 1 heterocycles. The van der Waals surface area contributed by atoms with E-state index in [-0.39, 0.29) is 4.90 Å². The van der Waals surface area contributed by atoms with Crippen molar-refractivity contribution >= 4 is 37.5 Å². The summed E-state index contributed by atoms with van der Waals surface area (Å²) in [6, 6.07) is 8.22. The molecule has 0 aliphatic heterocycles. The van der Waals surface area contributed by atoms with Crippen LogP contribution in [0.4, 0.5) is 11.5 Å². The van der Waals surface area contributed by atoms with Gasteiger partial charge in [0.15, 0.2) is 0 Å². The van der Waals surface area contributed by atoms with E-state index in [1.54, 1.807) is 19.2 Å². The van der Waals surface area contributed by atoms with Crippen LogP contribution in [0.15, 0.2) is 45.9 Å². The van der Waals surface area contributed by atoms with Crippen LogP contribution in [0.2, 0.25) is 0 Å². The Morgan fingerprint density at radius 1 is 1.20 bits per heavy atom. The summed E-state index contributed by atoms with van der Waals surface area (Å²) in [6.07, 6.45) is 1.45. The molecule has 0 amide bonds. The van der Waals surface area contributed by atoms with E-state index >= 15 is 0 Å². The minimum absolute atomic E-state index is 0.161. The average Bonchev–Trinajstić information content (AvgIpc) is 2.43. The number of pyridine rings is 1. The van der Waals surface area contributed by atoms with Crippen molar-refractivity contribution in [1.82, 2.24) is 4.98 Å². The topological polar surface area (TPSA) is 71.1 Å². The Kier molecular flexibility index (Phi) is 4.29. The van der Waals surface area contributed by atoms with E-state index in [1.807, 2.05) is 13.0 Å². The highest BCUT2D eigenvalue weighted by Crippen LogP contribution is 2.23. The smallest absolute Gasteiger partial charge is 0.262 e. The van der Waals surface area contributed by atoms with Gasteiger partial charge in [0.1, 0.15) is 5.82 Å². The summed E-state index contributed by atoms with van der Waals surface area (Å²) < 4.78 is 28.0. The van der Waals surface area contributed by atoms with Crippen molar-refractivity contribution in [3.63, 3.8) is 0 Å². The molecule has 0 saturated carbocycles. The fourth-order valence-corrected chi connectivity index (χ4v) is 3.03. The van der Waals surface area contributed by atoms with Gasteiger partial charge < -0.3 is 5.32 Å². The lowest BCUT2D eigenvalue weighted by Crippen LogP contribution is -2.13. The number of hydrogen-bond acceptors (Lipinski definition) is 4. The van der Waals surface area contributed by atoms with Crippen LogP contribution in [0.5, 0.6) is 0 Å². The normalized spacial score (nSPS) is 11.2. The Bertz CT molecular complexity index is 732. The van der Waals surface area contributed by atoms with Gasteiger partial charge in [-0.15, -0.1) is 0 Å². The summed E-state index contributed by atoms with van der Waals surface area (Å²) in [6.45, 7) is 1.93. The molecule has 0 radical (unpaired) electrons. The van der Waals surface area contributed by atoms with Gasteiger partial charge in [-0.25, -0.2) is 13.4 Å². The van der Waals surface area contributed by atoms with Crippen LogP contribution in [0.25, 0.3) is 0 Å². The van der Waals surface area contributed by atoms with Crippen molar-refractivity contribution in [2.45, 2.75) is 11.8 Å². The van der Waals surface area contributed by atoms with Gasteiger partial charge in [0.2, 0.25) is 0 Å². The molecular formula is C13H14BrN3O2S. The molecule has 2 aromatic rings. The minimum atomic E-state index is -3.63. The summed E-state index contributed by atoms with van der Waals surface area (Å²) in [4.78, 5) is 4.15. The van der Waals surface area contributed by atoms with Crippen LogP contribution in [0.3, 0.4) is 0 Å². The van der Waals surface area contributed by atoms with Gasteiger partial charge in [0.25, 0.3) is 10.0 Å². The highest BCUT2D eigenvalue weighted by Gasteiger charge is 2.15. The molecular weight excluding hydrogens is 342 g/mol. The molecule has 0 spiro atoms. The fraction of sp³-hybridized carbons (Fsp3) is 0.154. The molecule has 5 nitrogen and oxygen atoms in total. The van der Waals surface area contributed by atoms with E-state index < -0.39 is 10.0 Å². The number of hydrogen-bond donors (Lipinski definition) is 2. The Balaban J connectivity index is 2.32. The maximum absolute atomic E-state index is 12.3. The number of sulfonamides is 1. The SMILES string of the molecule is CNc1cc(S(=O)(=O)Nc2ccc(C)c(Br)c2)ccn1. The first kappa shape index (κ1) is 14.8. The molecule has 20 heavy (non-hydrogen) atoms. The van der Waals surface area contributed by atoms with Crippen molar-refractivity contribution in [2.24, 2.45) is 0 Å². The van der Waals surface area contributed by atoms with Crippen LogP contribution in [0.1, 0.15) is 5.56 Å². The quantitative estimate of drug-likeness (QED) is 0.884. The standard InChI is InChI=1S/C13H14BrN3O2S/c1-9-3-4-10(7-12(9)14)17-20(18,19)11-5-6-16-13(8-11)15-2/h3-8,17H,1-2H3,(H,15,16). The molecule has 1 aromatic carbocycles. The van der Waals surface area contributed by atoms with Crippen molar-refractivity contribution in [3.8, 4) is 0 Å². The van der Waals surface area contributed by atoms with E-state index in [1.165, 1.54) is 18.3 Å². The Morgan fingerprint density at radius 3 is 2.60 bits per heavy atom. The van der Waals surface area contributed by atoms with Crippen molar-refractivity contribution in [1.29, 1.82) is 0 Å². The third kappa shape index (κ3) is 3.29. The maximum Gasteiger partial charge on any atom is 0.262 e. The minimum Gasteiger partial charge on any atom is -0.373 e. The first-order valence-corrected chi connectivity index (χ1v) is 8.13. The van der Waals surface area contributed by atoms with Gasteiger partial charge in [-0.05, 0) is 30.7 Å². The van der Waals surface area contributed by atoms with Gasteiger partial charge in [0.05, 0.1) is 4.90 Å². The van der Waals surface area contributed by atoms with E-state index in [0.29, 0.717) is 11.5 Å². The fourth-order valence-electron chi connectivity index (χ4n) is 1.59. The molecule has 0 unspecified atom stereocenters. The third-order valence-electron chi connectivity index (χ3n) is 2.72. The van der Waals surface area contributed by atoms with E-state index in [0.717, 1.165) is 10.0 Å². The Hall–Kier alpha value is -1.60. The number of aryl methyl sites for hydroxylation is 1. The van der Waals surface area contributed by atoms with Gasteiger partial charge in [-0.3, -0.25) is 4.72 Å². The summed E-state index contributed by atoms with van der Waals surface area (Å²) in [7, 11) is -1.94. The summed E-state index contributed by atoms with van der Waals surface area (Å²) in [5.41, 5.74) is 1.54. The molecule has 7 heteroatoms. The van der Waals surface area contributed by atoms with Gasteiger partial charge in [-0.1, -0.05) is 22.0 Å². The second-order valence-electron chi connectivity index (χ2n) is 4.20. The molecule has 0 aliphatic rings. The van der Waals surface area contributed by atoms with Crippen LogP contribution >= 0.6 is 15.9 Å². The largest absolute Gasteiger partial charge is 0.373 e. The number of benzene rings is 1. The zero-order chi connectivity index (χ0) is 14.8. The van der Waals surface area contributed by atoms with E-state index in [9.17, 15) is 8.42 Å². The predicted molar refractivity (Wildman–Crippen MR) is 83.5 cm³/mol. The Labute approximate surface area is 126 Å². The van der Waals surface area contributed by atoms with Gasteiger partial charge in [-0.2, -0.15) is 0 Å². The number of nitrogens with one attached hydrogen (secondary N) is 2. The van der Waals surface area contributed by atoms with Crippen molar-refractivity contribution < 1.29 is 8.42 Å². The van der Waals surface area contributed by atoms with Crippen molar-refractivity contribution in [2.75, 3.05) is 17.1 Å². The average molecular weight is 356 g/mol. The van der Waals surface area contributed by atoms with Crippen LogP contribution in [0, 0.1) is 6.92 Å². The Morgan fingerprint density at radius 2 is 1.95 bits per heavy atom. The second-order valence-corrected chi connectivity index (χ2v) is 6.73. The molecule has 2 rings (SSSR count). The number of anilines is 2. The van der Waals surface area contributed by atoms with Crippen LogP contribution in [-0.2, 0) is 10.0 Å². The molecule has 2 N–H and O–H groups in total. The zero-order valence-corrected chi connectivity index (χ0v) is 13.4. The lowest BCUT2D eigenvalue weighted by molar-refractivity contribution is 0.601. The highest BCUT2D eigenvalue weighted by molar-refractivity contribution is 9.10. The van der Waals surface area contributed by atoms with Gasteiger partial charge >= 0.3 is 0 Å². The number of rotatable bonds is 4. The second kappa shape index (κ2) is 5.80. The molecule has 0 bridgehead atoms. The van der Waals surface area contributed by atoms with Crippen LogP contribution < -0.4 is 10.0 Å². The number of nitrogens with zero attached hydrogens (tertiary/aromatic N) is 1. The first-order chi connectivity index (χ1) is 9.42. The molecule has 0 atom stereocenters. The monoisotopic (exact) mass is 355 g/mol. The number of halogens is 1. The summed E-state index contributed by atoms with van der Waals surface area (Å²) >= 11 is 3.38. The lowest BCUT2D eigenvalue weighted by Gasteiger charge is -2.10. The summed E-state index contributed by atoms with van der Waals surface area (Å²) in [5, 5.41) is 2.81. The highest BCUT2D eigenvalue weighted by atomic mass is 79.9. The molecule has 0 aliphatic carbocycles. The molecule has 0 saturated heterocycles. The van der Waals surface area contributed by atoms with E-state index in [4.69, 9.17) is 0 Å². The third-order valence-corrected chi connectivity index (χ3v) is 4.96. The van der Waals surface area contributed by atoms with E-state index in [2.05, 4.69) is 31.0 Å². The first-order valence-electron chi connectivity index (χ1n) is 5.85. The van der Waals surface area contributed by atoms with Crippen molar-refractivity contribution in [3.05, 3.63) is 46.6 Å². The number of aromatic nitrogens is 1. The molecule has 1 aromatic heterocycles.